The fourth-order valence-electron chi connectivity index (χ4n) is 3.08. The van der Waals surface area contributed by atoms with Crippen molar-refractivity contribution in [1.29, 1.82) is 0 Å². The molecule has 0 bridgehead atoms. The van der Waals surface area contributed by atoms with Gasteiger partial charge < -0.3 is 20.1 Å². The summed E-state index contributed by atoms with van der Waals surface area (Å²) in [5, 5.41) is 6.94. The van der Waals surface area contributed by atoms with E-state index in [0.29, 0.717) is 19.2 Å². The van der Waals surface area contributed by atoms with Crippen LogP contribution in [0.1, 0.15) is 45.1 Å². The zero-order valence-corrected chi connectivity index (χ0v) is 15.4. The summed E-state index contributed by atoms with van der Waals surface area (Å²) in [7, 11) is 3.48. The van der Waals surface area contributed by atoms with Gasteiger partial charge >= 0.3 is 0 Å². The number of nitrogens with one attached hydrogen (secondary N) is 2. The number of ether oxygens (including phenoxy) is 2. The fraction of sp³-hybridized carbons (Fsp3) is 0.632. The molecule has 1 aliphatic rings. The van der Waals surface area contributed by atoms with Crippen molar-refractivity contribution in [2.24, 2.45) is 10.9 Å². The second-order valence-corrected chi connectivity index (χ2v) is 6.45. The number of hydrogen-bond acceptors (Lipinski definition) is 3. The first-order chi connectivity index (χ1) is 11.7. The first kappa shape index (κ1) is 18.4. The molecule has 1 fully saturated rings. The highest BCUT2D eigenvalue weighted by molar-refractivity contribution is 5.80. The molecule has 5 nitrogen and oxygen atoms in total. The summed E-state index contributed by atoms with van der Waals surface area (Å²) in [6.45, 7) is 5.63. The molecule has 1 aromatic carbocycles. The Bertz CT molecular complexity index is 537. The van der Waals surface area contributed by atoms with Crippen LogP contribution >= 0.6 is 0 Å². The van der Waals surface area contributed by atoms with Crippen molar-refractivity contribution in [3.8, 4) is 11.5 Å². The Hall–Kier alpha value is -1.91. The van der Waals surface area contributed by atoms with E-state index < -0.39 is 0 Å². The van der Waals surface area contributed by atoms with Gasteiger partial charge in [-0.25, -0.2) is 0 Å². The number of benzene rings is 1. The smallest absolute Gasteiger partial charge is 0.191 e. The highest BCUT2D eigenvalue weighted by Gasteiger charge is 2.18. The molecule has 0 unspecified atom stereocenters. The van der Waals surface area contributed by atoms with E-state index in [1.807, 2.05) is 32.2 Å². The lowest BCUT2D eigenvalue weighted by atomic mass is 9.87. The fourth-order valence-corrected chi connectivity index (χ4v) is 3.08. The summed E-state index contributed by atoms with van der Waals surface area (Å²) in [6.07, 6.45) is 5.04. The maximum Gasteiger partial charge on any atom is 0.191 e. The molecule has 0 saturated heterocycles. The number of rotatable bonds is 6. The molecule has 0 atom stereocenters. The molecule has 1 saturated carbocycles. The minimum atomic E-state index is 0.530. The number of guanidine groups is 1. The average molecular weight is 333 g/mol. The van der Waals surface area contributed by atoms with Gasteiger partial charge in [0, 0.05) is 19.6 Å². The van der Waals surface area contributed by atoms with E-state index in [9.17, 15) is 0 Å². The predicted molar refractivity (Wildman–Crippen MR) is 98.9 cm³/mol. The first-order valence-corrected chi connectivity index (χ1v) is 8.93. The molecule has 0 spiro atoms. The Morgan fingerprint density at radius 1 is 1.21 bits per heavy atom. The van der Waals surface area contributed by atoms with Gasteiger partial charge in [0.15, 0.2) is 17.5 Å². The maximum atomic E-state index is 5.63. The number of nitrogens with zero attached hydrogens (tertiary/aromatic N) is 1. The van der Waals surface area contributed by atoms with Crippen LogP contribution in [0.4, 0.5) is 0 Å². The third-order valence-electron chi connectivity index (χ3n) is 4.57. The first-order valence-electron chi connectivity index (χ1n) is 8.93. The van der Waals surface area contributed by atoms with Crippen molar-refractivity contribution in [3.63, 3.8) is 0 Å². The van der Waals surface area contributed by atoms with Crippen LogP contribution in [0.15, 0.2) is 23.2 Å². The summed E-state index contributed by atoms with van der Waals surface area (Å²) < 4.78 is 11.0. The topological polar surface area (TPSA) is 54.9 Å². The third kappa shape index (κ3) is 5.32. The van der Waals surface area contributed by atoms with Gasteiger partial charge in [-0.15, -0.1) is 0 Å². The van der Waals surface area contributed by atoms with E-state index in [4.69, 9.17) is 9.47 Å². The third-order valence-corrected chi connectivity index (χ3v) is 4.57. The van der Waals surface area contributed by atoms with Crippen LogP contribution in [-0.4, -0.2) is 32.8 Å². The Kier molecular flexibility index (Phi) is 7.22. The molecular formula is C19H31N3O2. The molecular weight excluding hydrogens is 302 g/mol. The van der Waals surface area contributed by atoms with Crippen LogP contribution in [0.3, 0.4) is 0 Å². The molecule has 1 aromatic rings. The molecule has 5 heteroatoms. The summed E-state index contributed by atoms with van der Waals surface area (Å²) in [5.41, 5.74) is 1.14. The minimum absolute atomic E-state index is 0.530. The van der Waals surface area contributed by atoms with Gasteiger partial charge in [-0.05, 0) is 56.2 Å². The van der Waals surface area contributed by atoms with E-state index in [1.165, 1.54) is 25.7 Å². The zero-order chi connectivity index (χ0) is 17.4. The molecule has 0 heterocycles. The quantitative estimate of drug-likeness (QED) is 0.619. The molecule has 0 aliphatic heterocycles. The monoisotopic (exact) mass is 333 g/mol. The van der Waals surface area contributed by atoms with Crippen LogP contribution in [0.2, 0.25) is 0 Å². The van der Waals surface area contributed by atoms with E-state index in [2.05, 4.69) is 22.5 Å². The van der Waals surface area contributed by atoms with E-state index >= 15 is 0 Å². The van der Waals surface area contributed by atoms with Crippen molar-refractivity contribution in [2.75, 3.05) is 20.8 Å². The van der Waals surface area contributed by atoms with Crippen molar-refractivity contribution in [3.05, 3.63) is 23.8 Å². The zero-order valence-electron chi connectivity index (χ0n) is 15.4. The van der Waals surface area contributed by atoms with Crippen LogP contribution in [0.5, 0.6) is 11.5 Å². The van der Waals surface area contributed by atoms with Gasteiger partial charge in [-0.1, -0.05) is 13.0 Å². The molecule has 2 rings (SSSR count). The minimum Gasteiger partial charge on any atom is -0.493 e. The summed E-state index contributed by atoms with van der Waals surface area (Å²) >= 11 is 0. The number of methoxy groups -OCH3 is 1. The Labute approximate surface area is 145 Å². The second-order valence-electron chi connectivity index (χ2n) is 6.45. The molecule has 134 valence electrons. The molecule has 0 amide bonds. The largest absolute Gasteiger partial charge is 0.493 e. The van der Waals surface area contributed by atoms with Crippen molar-refractivity contribution in [2.45, 2.75) is 52.1 Å². The number of aliphatic imine (C=N–C) groups is 1. The summed E-state index contributed by atoms with van der Waals surface area (Å²) in [4.78, 5) is 4.35. The van der Waals surface area contributed by atoms with Crippen LogP contribution in [0, 0.1) is 5.92 Å². The van der Waals surface area contributed by atoms with E-state index in [1.54, 1.807) is 7.11 Å². The normalized spacial score (nSPS) is 21.2. The van der Waals surface area contributed by atoms with Gasteiger partial charge in [0.25, 0.3) is 0 Å². The Morgan fingerprint density at radius 3 is 2.58 bits per heavy atom. The van der Waals surface area contributed by atoms with Gasteiger partial charge in [0.05, 0.1) is 13.7 Å². The molecule has 0 radical (unpaired) electrons. The summed E-state index contributed by atoms with van der Waals surface area (Å²) in [6, 6.07) is 6.54. The van der Waals surface area contributed by atoms with Crippen LogP contribution in [-0.2, 0) is 6.54 Å². The molecule has 2 N–H and O–H groups in total. The molecule has 0 aromatic heterocycles. The lowest BCUT2D eigenvalue weighted by molar-refractivity contribution is 0.310. The second kappa shape index (κ2) is 9.40. The predicted octanol–water partition coefficient (Wildman–Crippen LogP) is 3.34. The van der Waals surface area contributed by atoms with E-state index in [0.717, 1.165) is 28.9 Å². The van der Waals surface area contributed by atoms with Gasteiger partial charge in [-0.3, -0.25) is 4.99 Å². The molecule has 1 aliphatic carbocycles. The number of hydrogen-bond donors (Lipinski definition) is 2. The highest BCUT2D eigenvalue weighted by Crippen LogP contribution is 2.28. The summed E-state index contributed by atoms with van der Waals surface area (Å²) in [5.74, 6) is 3.26. The van der Waals surface area contributed by atoms with Gasteiger partial charge in [0.1, 0.15) is 0 Å². The van der Waals surface area contributed by atoms with Gasteiger partial charge in [-0.2, -0.15) is 0 Å². The Balaban J connectivity index is 1.89. The highest BCUT2D eigenvalue weighted by atomic mass is 16.5. The van der Waals surface area contributed by atoms with Crippen LogP contribution in [0.25, 0.3) is 0 Å². The average Bonchev–Trinajstić information content (AvgIpc) is 2.60. The lowest BCUT2D eigenvalue weighted by Gasteiger charge is -2.28. The van der Waals surface area contributed by atoms with Crippen molar-refractivity contribution >= 4 is 5.96 Å². The van der Waals surface area contributed by atoms with Gasteiger partial charge in [0.2, 0.25) is 0 Å². The maximum absolute atomic E-state index is 5.63. The lowest BCUT2D eigenvalue weighted by Crippen LogP contribution is -2.44. The SMILES string of the molecule is CCOc1cc(CNC(=NC)NC2CCC(C)CC2)ccc1OC. The Morgan fingerprint density at radius 2 is 1.96 bits per heavy atom. The van der Waals surface area contributed by atoms with Crippen molar-refractivity contribution in [1.82, 2.24) is 10.6 Å². The van der Waals surface area contributed by atoms with Crippen LogP contribution < -0.4 is 20.1 Å². The standard InChI is InChI=1S/C19H31N3O2/c1-5-24-18-12-15(8-11-17(18)23-4)13-21-19(20-3)22-16-9-6-14(2)7-10-16/h8,11-12,14,16H,5-7,9-10,13H2,1-4H3,(H2,20,21,22). The molecule has 24 heavy (non-hydrogen) atoms. The van der Waals surface area contributed by atoms with E-state index in [-0.39, 0.29) is 0 Å². The van der Waals surface area contributed by atoms with Crippen molar-refractivity contribution < 1.29 is 9.47 Å².